The predicted octanol–water partition coefficient (Wildman–Crippen LogP) is -1.63. The molecule has 4 nitrogen and oxygen atoms in total. The molecular weight excluding hydrogens is 168 g/mol. The van der Waals surface area contributed by atoms with E-state index >= 15 is 0 Å². The van der Waals surface area contributed by atoms with E-state index < -0.39 is 0 Å². The predicted molar refractivity (Wildman–Crippen MR) is 41.7 cm³/mol. The number of fused-ring (bicyclic) bond motifs is 1. The topological polar surface area (TPSA) is 55.5 Å². The quantitative estimate of drug-likeness (QED) is 0.419. The van der Waals surface area contributed by atoms with Crippen LogP contribution in [-0.4, -0.2) is 30.2 Å². The summed E-state index contributed by atoms with van der Waals surface area (Å²) in [5.74, 6) is 0.507. The molecule has 0 aliphatic carbocycles. The first-order valence-electron chi connectivity index (χ1n) is 3.56. The lowest BCUT2D eigenvalue weighted by Crippen LogP contribution is -2.69. The number of piperidine rings is 1. The van der Waals surface area contributed by atoms with Crippen molar-refractivity contribution in [2.24, 2.45) is 5.92 Å². The highest BCUT2D eigenvalue weighted by molar-refractivity contribution is 5.85. The number of rotatable bonds is 0. The summed E-state index contributed by atoms with van der Waals surface area (Å²) < 4.78 is 0. The van der Waals surface area contributed by atoms with E-state index in [0.717, 1.165) is 19.5 Å². The molecule has 3 N–H and O–H groups in total. The molecule has 0 aromatic carbocycles. The first kappa shape index (κ1) is 8.62. The Labute approximate surface area is 71.0 Å². The Balaban J connectivity index is 0.000000605. The number of nitrogens with one attached hydrogen (secondary N) is 2. The summed E-state index contributed by atoms with van der Waals surface area (Å²) in [4.78, 5) is 5.07. The van der Waals surface area contributed by atoms with E-state index in [1.54, 1.807) is 0 Å². The molecule has 0 saturated carbocycles. The van der Waals surface area contributed by atoms with Gasteiger partial charge in [-0.15, -0.1) is 12.4 Å². The monoisotopic (exact) mass is 179 g/mol. The normalized spacial score (nSPS) is 34.7. The second-order valence-corrected chi connectivity index (χ2v) is 2.74. The Bertz CT molecular complexity index is 174. The Hall–Kier alpha value is -0.480. The molecular formula is C6H12ClN2O2+. The number of hydrogen-bond acceptors (Lipinski definition) is 2. The number of halogens is 1. The first-order chi connectivity index (χ1) is 4.88. The van der Waals surface area contributed by atoms with E-state index in [-0.39, 0.29) is 24.4 Å². The van der Waals surface area contributed by atoms with Gasteiger partial charge in [0.15, 0.2) is 6.10 Å². The molecule has 2 aliphatic heterocycles. The van der Waals surface area contributed by atoms with Gasteiger partial charge in [0, 0.05) is 6.54 Å². The third kappa shape index (κ3) is 1.41. The maximum atomic E-state index is 9.18. The van der Waals surface area contributed by atoms with Gasteiger partial charge >= 0.3 is 5.90 Å². The van der Waals surface area contributed by atoms with Crippen molar-refractivity contribution in [3.63, 3.8) is 0 Å². The molecule has 64 valence electrons. The van der Waals surface area contributed by atoms with Crippen molar-refractivity contribution in [1.82, 2.24) is 5.32 Å². The summed E-state index contributed by atoms with van der Waals surface area (Å²) in [6.07, 6.45) is 1.09. The van der Waals surface area contributed by atoms with Crippen LogP contribution < -0.4 is 10.5 Å². The molecule has 0 radical (unpaired) electrons. The van der Waals surface area contributed by atoms with Gasteiger partial charge in [0.1, 0.15) is 5.92 Å². The maximum absolute atomic E-state index is 9.18. The van der Waals surface area contributed by atoms with Gasteiger partial charge in [0.25, 0.3) is 0 Å². The van der Waals surface area contributed by atoms with Gasteiger partial charge in [0.2, 0.25) is 0 Å². The number of aliphatic hydroxyl groups is 1. The zero-order valence-corrected chi connectivity index (χ0v) is 6.86. The zero-order valence-electron chi connectivity index (χ0n) is 6.04. The minimum Gasteiger partial charge on any atom is -0.460 e. The summed E-state index contributed by atoms with van der Waals surface area (Å²) in [5, 5.41) is 14.9. The smallest absolute Gasteiger partial charge is 0.387 e. The molecule has 0 amide bonds. The van der Waals surface area contributed by atoms with E-state index in [0.29, 0.717) is 5.90 Å². The van der Waals surface area contributed by atoms with Crippen molar-refractivity contribution >= 4 is 18.3 Å². The summed E-state index contributed by atoms with van der Waals surface area (Å²) in [6, 6.07) is 0. The third-order valence-electron chi connectivity index (χ3n) is 2.09. The minimum absolute atomic E-state index is 0. The van der Waals surface area contributed by atoms with Crippen molar-refractivity contribution in [2.75, 3.05) is 13.1 Å². The fourth-order valence-electron chi connectivity index (χ4n) is 1.48. The molecule has 0 aromatic heterocycles. The lowest BCUT2D eigenvalue weighted by molar-refractivity contribution is -0.755. The molecule has 2 atom stereocenters. The van der Waals surface area contributed by atoms with Crippen LogP contribution in [0, 0.1) is 5.92 Å². The highest BCUT2D eigenvalue weighted by Gasteiger charge is 2.41. The van der Waals surface area contributed by atoms with Crippen LogP contribution in [0.25, 0.3) is 0 Å². The Kier molecular flexibility index (Phi) is 2.57. The number of hydrogen-bond donors (Lipinski definition) is 3. The highest BCUT2D eigenvalue weighted by Crippen LogP contribution is 2.15. The van der Waals surface area contributed by atoms with Gasteiger partial charge in [-0.1, -0.05) is 0 Å². The zero-order chi connectivity index (χ0) is 6.97. The Morgan fingerprint density at radius 2 is 2.45 bits per heavy atom. The van der Waals surface area contributed by atoms with Crippen molar-refractivity contribution in [2.45, 2.75) is 12.5 Å². The summed E-state index contributed by atoms with van der Waals surface area (Å²) in [7, 11) is 0. The molecule has 1 saturated heterocycles. The van der Waals surface area contributed by atoms with E-state index in [1.807, 2.05) is 0 Å². The second-order valence-electron chi connectivity index (χ2n) is 2.74. The van der Waals surface area contributed by atoms with Crippen molar-refractivity contribution in [1.29, 1.82) is 0 Å². The van der Waals surface area contributed by atoms with Gasteiger partial charge in [0.05, 0.1) is 0 Å². The first-order valence-corrected chi connectivity index (χ1v) is 3.56. The average Bonchev–Trinajstić information content (AvgIpc) is 2.34. The van der Waals surface area contributed by atoms with E-state index in [2.05, 4.69) is 10.5 Å². The second kappa shape index (κ2) is 3.28. The fourth-order valence-corrected chi connectivity index (χ4v) is 1.48. The van der Waals surface area contributed by atoms with Crippen LogP contribution in [-0.2, 0) is 4.84 Å². The van der Waals surface area contributed by atoms with Crippen molar-refractivity contribution in [3.05, 3.63) is 0 Å². The van der Waals surface area contributed by atoms with Crippen LogP contribution in [0.1, 0.15) is 6.42 Å². The van der Waals surface area contributed by atoms with Crippen LogP contribution >= 0.6 is 12.4 Å². The van der Waals surface area contributed by atoms with Gasteiger partial charge in [-0.05, 0) is 18.1 Å². The molecule has 2 heterocycles. The molecule has 0 aromatic rings. The summed E-state index contributed by atoms with van der Waals surface area (Å²) in [6.45, 7) is 1.80. The van der Waals surface area contributed by atoms with E-state index in [9.17, 15) is 5.11 Å². The lowest BCUT2D eigenvalue weighted by atomic mass is 9.96. The standard InChI is InChI=1S/C6H10N2O2.ClH/c9-6-4-1-2-7-3-5(4)10-8-6;/h4-5,7H,1-3H2,(H,8,9);1H/p+1. The molecule has 0 bridgehead atoms. The van der Waals surface area contributed by atoms with Crippen LogP contribution in [0.3, 0.4) is 0 Å². The average molecular weight is 180 g/mol. The lowest BCUT2D eigenvalue weighted by Gasteiger charge is -2.18. The van der Waals surface area contributed by atoms with E-state index in [1.165, 1.54) is 0 Å². The maximum Gasteiger partial charge on any atom is 0.387 e. The van der Waals surface area contributed by atoms with Crippen LogP contribution in [0.2, 0.25) is 0 Å². The molecule has 1 fully saturated rings. The van der Waals surface area contributed by atoms with Gasteiger partial charge in [-0.3, -0.25) is 4.84 Å². The van der Waals surface area contributed by atoms with Gasteiger partial charge < -0.3 is 10.4 Å². The molecule has 5 heteroatoms. The van der Waals surface area contributed by atoms with Crippen LogP contribution in [0.5, 0.6) is 0 Å². The van der Waals surface area contributed by atoms with Crippen LogP contribution in [0.15, 0.2) is 0 Å². The molecule has 2 aliphatic rings. The summed E-state index contributed by atoms with van der Waals surface area (Å²) in [5.41, 5.74) is 0. The molecule has 2 unspecified atom stereocenters. The molecule has 11 heavy (non-hydrogen) atoms. The van der Waals surface area contributed by atoms with Crippen LogP contribution in [0.4, 0.5) is 0 Å². The SMILES string of the molecule is Cl.OC1=[NH+]OC2CNCCC12. The van der Waals surface area contributed by atoms with Crippen molar-refractivity contribution < 1.29 is 15.1 Å². The number of aliphatic hydroxyl groups excluding tert-OH is 1. The summed E-state index contributed by atoms with van der Waals surface area (Å²) >= 11 is 0. The van der Waals surface area contributed by atoms with Gasteiger partial charge in [-0.25, -0.2) is 0 Å². The molecule has 0 spiro atoms. The minimum atomic E-state index is 0. The molecule has 2 rings (SSSR count). The third-order valence-corrected chi connectivity index (χ3v) is 2.09. The Morgan fingerprint density at radius 1 is 1.64 bits per heavy atom. The largest absolute Gasteiger partial charge is 0.460 e. The van der Waals surface area contributed by atoms with E-state index in [4.69, 9.17) is 4.84 Å². The van der Waals surface area contributed by atoms with Gasteiger partial charge in [-0.2, -0.15) is 0 Å². The van der Waals surface area contributed by atoms with Crippen molar-refractivity contribution in [3.8, 4) is 0 Å². The fraction of sp³-hybridized carbons (Fsp3) is 0.833. The Morgan fingerprint density at radius 3 is 3.18 bits per heavy atom. The highest BCUT2D eigenvalue weighted by atomic mass is 35.5.